The number of aliphatic hydroxyl groups excluding tert-OH is 1. The molecule has 3 nitrogen and oxygen atoms in total. The van der Waals surface area contributed by atoms with Crippen LogP contribution in [0.15, 0.2) is 24.3 Å². The standard InChI is InChI=1S/C12H14FNO2/c13-10-4-1-3-9(7-10)11(16)14-12(8-15)5-2-6-12/h1,3-4,7,15H,2,5-6,8H2,(H,14,16). The maximum Gasteiger partial charge on any atom is 0.251 e. The molecule has 1 saturated carbocycles. The molecular weight excluding hydrogens is 209 g/mol. The van der Waals surface area contributed by atoms with Gasteiger partial charge >= 0.3 is 0 Å². The predicted molar refractivity (Wildman–Crippen MR) is 57.5 cm³/mol. The topological polar surface area (TPSA) is 49.3 Å². The fourth-order valence-electron chi connectivity index (χ4n) is 1.87. The number of benzene rings is 1. The summed E-state index contributed by atoms with van der Waals surface area (Å²) in [5, 5.41) is 12.0. The minimum atomic E-state index is -0.483. The average Bonchev–Trinajstić information content (AvgIpc) is 2.23. The van der Waals surface area contributed by atoms with Crippen LogP contribution in [0, 0.1) is 5.82 Å². The number of amides is 1. The maximum absolute atomic E-state index is 12.9. The van der Waals surface area contributed by atoms with E-state index in [0.717, 1.165) is 19.3 Å². The highest BCUT2D eigenvalue weighted by Crippen LogP contribution is 2.31. The van der Waals surface area contributed by atoms with Gasteiger partial charge in [0.05, 0.1) is 12.1 Å². The Morgan fingerprint density at radius 2 is 2.25 bits per heavy atom. The van der Waals surface area contributed by atoms with Gasteiger partial charge in [0.25, 0.3) is 5.91 Å². The molecule has 4 heteroatoms. The molecule has 1 aliphatic rings. The minimum Gasteiger partial charge on any atom is -0.394 e. The Kier molecular flexibility index (Phi) is 2.92. The third-order valence-corrected chi connectivity index (χ3v) is 3.08. The molecule has 0 aromatic heterocycles. The number of hydrogen-bond acceptors (Lipinski definition) is 2. The Morgan fingerprint density at radius 3 is 2.75 bits per heavy atom. The quantitative estimate of drug-likeness (QED) is 0.815. The van der Waals surface area contributed by atoms with Crippen LogP contribution in [-0.2, 0) is 0 Å². The number of nitrogens with one attached hydrogen (secondary N) is 1. The van der Waals surface area contributed by atoms with E-state index >= 15 is 0 Å². The van der Waals surface area contributed by atoms with E-state index in [0.29, 0.717) is 5.56 Å². The summed E-state index contributed by atoms with van der Waals surface area (Å²) < 4.78 is 12.9. The van der Waals surface area contributed by atoms with Crippen LogP contribution in [0.3, 0.4) is 0 Å². The maximum atomic E-state index is 12.9. The summed E-state index contributed by atoms with van der Waals surface area (Å²) in [5.74, 6) is -0.757. The molecule has 0 bridgehead atoms. The Bertz CT molecular complexity index is 396. The Hall–Kier alpha value is -1.42. The number of hydrogen-bond donors (Lipinski definition) is 2. The molecule has 1 aromatic carbocycles. The van der Waals surface area contributed by atoms with Crippen molar-refractivity contribution in [2.75, 3.05) is 6.61 Å². The fourth-order valence-corrected chi connectivity index (χ4v) is 1.87. The van der Waals surface area contributed by atoms with Crippen molar-refractivity contribution in [1.82, 2.24) is 5.32 Å². The van der Waals surface area contributed by atoms with Crippen molar-refractivity contribution in [2.24, 2.45) is 0 Å². The van der Waals surface area contributed by atoms with Gasteiger partial charge in [0.1, 0.15) is 5.82 Å². The summed E-state index contributed by atoms with van der Waals surface area (Å²) in [5.41, 5.74) is -0.191. The molecule has 1 fully saturated rings. The van der Waals surface area contributed by atoms with Crippen LogP contribution in [0.1, 0.15) is 29.6 Å². The van der Waals surface area contributed by atoms with Crippen molar-refractivity contribution in [3.8, 4) is 0 Å². The summed E-state index contributed by atoms with van der Waals surface area (Å²) >= 11 is 0. The van der Waals surface area contributed by atoms with Crippen molar-refractivity contribution >= 4 is 5.91 Å². The van der Waals surface area contributed by atoms with E-state index in [1.54, 1.807) is 6.07 Å². The van der Waals surface area contributed by atoms with Gasteiger partial charge in [-0.15, -0.1) is 0 Å². The molecule has 0 spiro atoms. The first-order valence-electron chi connectivity index (χ1n) is 5.34. The molecule has 1 aromatic rings. The number of carbonyl (C=O) groups excluding carboxylic acids is 1. The first-order valence-corrected chi connectivity index (χ1v) is 5.34. The van der Waals surface area contributed by atoms with Crippen molar-refractivity contribution in [2.45, 2.75) is 24.8 Å². The van der Waals surface area contributed by atoms with Gasteiger partial charge in [-0.1, -0.05) is 6.07 Å². The first-order chi connectivity index (χ1) is 7.65. The molecule has 16 heavy (non-hydrogen) atoms. The van der Waals surface area contributed by atoms with Gasteiger partial charge in [0.15, 0.2) is 0 Å². The second-order valence-electron chi connectivity index (χ2n) is 4.26. The van der Waals surface area contributed by atoms with Crippen molar-refractivity contribution in [3.05, 3.63) is 35.6 Å². The predicted octanol–water partition coefficient (Wildman–Crippen LogP) is 1.47. The van der Waals surface area contributed by atoms with Crippen molar-refractivity contribution in [3.63, 3.8) is 0 Å². The largest absolute Gasteiger partial charge is 0.394 e. The second kappa shape index (κ2) is 4.22. The van der Waals surface area contributed by atoms with E-state index in [2.05, 4.69) is 5.32 Å². The zero-order valence-electron chi connectivity index (χ0n) is 8.87. The highest BCUT2D eigenvalue weighted by Gasteiger charge is 2.37. The monoisotopic (exact) mass is 223 g/mol. The summed E-state index contributed by atoms with van der Waals surface area (Å²) in [6.07, 6.45) is 2.57. The molecule has 0 atom stereocenters. The molecule has 86 valence electrons. The Labute approximate surface area is 93.3 Å². The zero-order valence-corrected chi connectivity index (χ0v) is 8.87. The highest BCUT2D eigenvalue weighted by atomic mass is 19.1. The van der Waals surface area contributed by atoms with Gasteiger partial charge in [-0.05, 0) is 37.5 Å². The van der Waals surface area contributed by atoms with E-state index < -0.39 is 11.4 Å². The van der Waals surface area contributed by atoms with E-state index in [9.17, 15) is 14.3 Å². The Morgan fingerprint density at radius 1 is 1.50 bits per heavy atom. The number of halogens is 1. The van der Waals surface area contributed by atoms with Gasteiger partial charge in [-0.3, -0.25) is 4.79 Å². The lowest BCUT2D eigenvalue weighted by Crippen LogP contribution is -2.56. The molecule has 0 unspecified atom stereocenters. The lowest BCUT2D eigenvalue weighted by molar-refractivity contribution is 0.0641. The molecule has 0 saturated heterocycles. The van der Waals surface area contributed by atoms with Gasteiger partial charge in [-0.25, -0.2) is 4.39 Å². The van der Waals surface area contributed by atoms with Crippen molar-refractivity contribution < 1.29 is 14.3 Å². The minimum absolute atomic E-state index is 0.0615. The molecule has 1 amide bonds. The highest BCUT2D eigenvalue weighted by molar-refractivity contribution is 5.94. The van der Waals surface area contributed by atoms with Gasteiger partial charge in [0, 0.05) is 5.56 Å². The van der Waals surface area contributed by atoms with E-state index in [4.69, 9.17) is 0 Å². The summed E-state index contributed by atoms with van der Waals surface area (Å²) in [6, 6.07) is 5.54. The van der Waals surface area contributed by atoms with Crippen LogP contribution < -0.4 is 5.32 Å². The third kappa shape index (κ3) is 2.07. The molecule has 2 N–H and O–H groups in total. The third-order valence-electron chi connectivity index (χ3n) is 3.08. The first kappa shape index (κ1) is 11.1. The molecule has 2 rings (SSSR count). The normalized spacial score (nSPS) is 17.6. The molecule has 0 heterocycles. The van der Waals surface area contributed by atoms with Crippen LogP contribution in [0.4, 0.5) is 4.39 Å². The summed E-state index contributed by atoms with van der Waals surface area (Å²) in [7, 11) is 0. The smallest absolute Gasteiger partial charge is 0.251 e. The average molecular weight is 223 g/mol. The van der Waals surface area contributed by atoms with Gasteiger partial charge in [-0.2, -0.15) is 0 Å². The molecule has 1 aliphatic carbocycles. The number of aliphatic hydroxyl groups is 1. The molecular formula is C12H14FNO2. The fraction of sp³-hybridized carbons (Fsp3) is 0.417. The van der Waals surface area contributed by atoms with Crippen LogP contribution in [0.5, 0.6) is 0 Å². The van der Waals surface area contributed by atoms with Gasteiger partial charge < -0.3 is 10.4 Å². The van der Waals surface area contributed by atoms with E-state index in [-0.39, 0.29) is 12.5 Å². The molecule has 0 aliphatic heterocycles. The zero-order chi connectivity index (χ0) is 11.6. The molecule has 0 radical (unpaired) electrons. The lowest BCUT2D eigenvalue weighted by atomic mass is 9.77. The van der Waals surface area contributed by atoms with E-state index in [1.807, 2.05) is 0 Å². The second-order valence-corrected chi connectivity index (χ2v) is 4.26. The number of carbonyl (C=O) groups is 1. The van der Waals surface area contributed by atoms with Crippen LogP contribution in [0.2, 0.25) is 0 Å². The number of rotatable bonds is 3. The van der Waals surface area contributed by atoms with E-state index in [1.165, 1.54) is 18.2 Å². The lowest BCUT2D eigenvalue weighted by Gasteiger charge is -2.40. The van der Waals surface area contributed by atoms with Gasteiger partial charge in [0.2, 0.25) is 0 Å². The van der Waals surface area contributed by atoms with Crippen molar-refractivity contribution in [1.29, 1.82) is 0 Å². The SMILES string of the molecule is O=C(NC1(CO)CCC1)c1cccc(F)c1. The van der Waals surface area contributed by atoms with Crippen LogP contribution in [0.25, 0.3) is 0 Å². The van der Waals surface area contributed by atoms with Crippen LogP contribution >= 0.6 is 0 Å². The summed E-state index contributed by atoms with van der Waals surface area (Å²) in [4.78, 5) is 11.8. The Balaban J connectivity index is 2.08. The summed E-state index contributed by atoms with van der Waals surface area (Å²) in [6.45, 7) is -0.0615. The van der Waals surface area contributed by atoms with Crippen LogP contribution in [-0.4, -0.2) is 23.2 Å².